The first-order valence-corrected chi connectivity index (χ1v) is 7.09. The molecule has 0 unspecified atom stereocenters. The minimum absolute atomic E-state index is 0.148. The van der Waals surface area contributed by atoms with Crippen LogP contribution in [0.2, 0.25) is 0 Å². The Labute approximate surface area is 130 Å². The number of Topliss-reactive ketones (excluding diaryl/α,β-unsaturated/α-hetero) is 1. The van der Waals surface area contributed by atoms with E-state index in [9.17, 15) is 10.1 Å². The van der Waals surface area contributed by atoms with E-state index in [1.54, 1.807) is 13.2 Å². The smallest absolute Gasteiger partial charge is 0.178 e. The van der Waals surface area contributed by atoms with E-state index in [2.05, 4.69) is 0 Å². The van der Waals surface area contributed by atoms with E-state index in [-0.39, 0.29) is 11.4 Å². The number of fused-ring (bicyclic) bond motifs is 1. The van der Waals surface area contributed by atoms with Gasteiger partial charge in [0.1, 0.15) is 11.8 Å². The number of hydrogen-bond donors (Lipinski definition) is 0. The van der Waals surface area contributed by atoms with Crippen molar-refractivity contribution in [3.8, 4) is 11.8 Å². The summed E-state index contributed by atoms with van der Waals surface area (Å²) in [5, 5.41) is 11.3. The number of ether oxygens (including phenoxy) is 1. The Kier molecular flexibility index (Phi) is 4.32. The van der Waals surface area contributed by atoms with E-state index >= 15 is 0 Å². The van der Waals surface area contributed by atoms with Gasteiger partial charge in [0.2, 0.25) is 0 Å². The molecule has 0 aliphatic heterocycles. The standard InChI is InChI=1S/C19H19NO2/c1-19(2,3)18(21)16(12-20)10-13-5-6-15-11-17(22-4)8-7-14(15)9-13/h5-11H,1-4H3/b16-10+. The minimum Gasteiger partial charge on any atom is -0.497 e. The van der Waals surface area contributed by atoms with Gasteiger partial charge < -0.3 is 4.74 Å². The van der Waals surface area contributed by atoms with Crippen LogP contribution in [0.3, 0.4) is 0 Å². The SMILES string of the molecule is COc1ccc2cc(/C=C(\C#N)C(=O)C(C)(C)C)ccc2c1. The van der Waals surface area contributed by atoms with Gasteiger partial charge in [-0.05, 0) is 40.6 Å². The van der Waals surface area contributed by atoms with Crippen LogP contribution in [-0.4, -0.2) is 12.9 Å². The monoisotopic (exact) mass is 293 g/mol. The molecule has 0 heterocycles. The zero-order valence-electron chi connectivity index (χ0n) is 13.3. The van der Waals surface area contributed by atoms with Crippen LogP contribution in [0.5, 0.6) is 5.75 Å². The number of carbonyl (C=O) groups excluding carboxylic acids is 1. The van der Waals surface area contributed by atoms with Gasteiger partial charge in [0, 0.05) is 5.41 Å². The van der Waals surface area contributed by atoms with Crippen LogP contribution in [0.15, 0.2) is 42.0 Å². The van der Waals surface area contributed by atoms with Gasteiger partial charge in [-0.3, -0.25) is 4.79 Å². The van der Waals surface area contributed by atoms with Gasteiger partial charge in [-0.2, -0.15) is 5.26 Å². The third-order valence-corrected chi connectivity index (χ3v) is 3.43. The number of benzene rings is 2. The second kappa shape index (κ2) is 6.03. The van der Waals surface area contributed by atoms with E-state index in [1.165, 1.54) is 0 Å². The van der Waals surface area contributed by atoms with Crippen LogP contribution in [-0.2, 0) is 4.79 Å². The Balaban J connectivity index is 2.44. The quantitative estimate of drug-likeness (QED) is 0.623. The number of hydrogen-bond acceptors (Lipinski definition) is 3. The highest BCUT2D eigenvalue weighted by atomic mass is 16.5. The van der Waals surface area contributed by atoms with Crippen LogP contribution >= 0.6 is 0 Å². The van der Waals surface area contributed by atoms with Gasteiger partial charge in [-0.1, -0.05) is 39.0 Å². The zero-order chi connectivity index (χ0) is 16.3. The maximum atomic E-state index is 12.2. The second-order valence-corrected chi connectivity index (χ2v) is 6.22. The molecule has 0 radical (unpaired) electrons. The first-order valence-electron chi connectivity index (χ1n) is 7.09. The van der Waals surface area contributed by atoms with Crippen molar-refractivity contribution in [1.82, 2.24) is 0 Å². The topological polar surface area (TPSA) is 50.1 Å². The number of carbonyl (C=O) groups is 1. The maximum absolute atomic E-state index is 12.2. The molecule has 2 rings (SSSR count). The Morgan fingerprint density at radius 3 is 2.36 bits per heavy atom. The van der Waals surface area contributed by atoms with E-state index in [0.29, 0.717) is 0 Å². The van der Waals surface area contributed by atoms with E-state index in [1.807, 2.05) is 63.2 Å². The van der Waals surface area contributed by atoms with Crippen molar-refractivity contribution in [2.24, 2.45) is 5.41 Å². The summed E-state index contributed by atoms with van der Waals surface area (Å²) in [7, 11) is 1.63. The van der Waals surface area contributed by atoms with Gasteiger partial charge in [0.15, 0.2) is 5.78 Å². The summed E-state index contributed by atoms with van der Waals surface area (Å²) in [4.78, 5) is 12.2. The molecule has 0 saturated carbocycles. The fraction of sp³-hybridized carbons (Fsp3) is 0.263. The number of nitrogens with zero attached hydrogens (tertiary/aromatic N) is 1. The number of ketones is 1. The zero-order valence-corrected chi connectivity index (χ0v) is 13.3. The second-order valence-electron chi connectivity index (χ2n) is 6.22. The van der Waals surface area contributed by atoms with Crippen molar-refractivity contribution in [3.05, 3.63) is 47.5 Å². The summed E-state index contributed by atoms with van der Waals surface area (Å²) in [5.74, 6) is 0.654. The van der Waals surface area contributed by atoms with Gasteiger partial charge in [0.05, 0.1) is 12.7 Å². The molecule has 0 fully saturated rings. The summed E-state index contributed by atoms with van der Waals surface area (Å²) in [6.07, 6.45) is 1.65. The molecule has 112 valence electrons. The molecule has 3 nitrogen and oxygen atoms in total. The predicted octanol–water partition coefficient (Wildman–Crippen LogP) is 4.37. The number of methoxy groups -OCH3 is 1. The molecule has 0 N–H and O–H groups in total. The third kappa shape index (κ3) is 3.35. The lowest BCUT2D eigenvalue weighted by atomic mass is 9.86. The van der Waals surface area contributed by atoms with Gasteiger partial charge in [-0.15, -0.1) is 0 Å². The van der Waals surface area contributed by atoms with Crippen LogP contribution < -0.4 is 4.74 Å². The van der Waals surface area contributed by atoms with Crippen molar-refractivity contribution >= 4 is 22.6 Å². The van der Waals surface area contributed by atoms with E-state index < -0.39 is 5.41 Å². The molecule has 0 bridgehead atoms. The molecule has 0 aromatic heterocycles. The molecule has 3 heteroatoms. The van der Waals surface area contributed by atoms with Crippen molar-refractivity contribution in [1.29, 1.82) is 5.26 Å². The molecule has 0 aliphatic carbocycles. The molecule has 2 aromatic carbocycles. The van der Waals surface area contributed by atoms with Crippen LogP contribution in [0, 0.1) is 16.7 Å². The summed E-state index contributed by atoms with van der Waals surface area (Å²) in [5.41, 5.74) is 0.457. The average Bonchev–Trinajstić information content (AvgIpc) is 2.50. The molecule has 0 spiro atoms. The van der Waals surface area contributed by atoms with Crippen molar-refractivity contribution < 1.29 is 9.53 Å². The van der Waals surface area contributed by atoms with Crippen LogP contribution in [0.1, 0.15) is 26.3 Å². The highest BCUT2D eigenvalue weighted by Crippen LogP contribution is 2.25. The number of nitriles is 1. The van der Waals surface area contributed by atoms with Gasteiger partial charge >= 0.3 is 0 Å². The van der Waals surface area contributed by atoms with Gasteiger partial charge in [-0.25, -0.2) is 0 Å². The highest BCUT2D eigenvalue weighted by molar-refractivity contribution is 6.06. The molecular weight excluding hydrogens is 274 g/mol. The molecule has 22 heavy (non-hydrogen) atoms. The lowest BCUT2D eigenvalue weighted by Gasteiger charge is -2.15. The minimum atomic E-state index is -0.564. The summed E-state index contributed by atoms with van der Waals surface area (Å²) >= 11 is 0. The Morgan fingerprint density at radius 1 is 1.14 bits per heavy atom. The van der Waals surface area contributed by atoms with Crippen molar-refractivity contribution in [3.63, 3.8) is 0 Å². The molecular formula is C19H19NO2. The number of allylic oxidation sites excluding steroid dienone is 1. The summed E-state index contributed by atoms with van der Waals surface area (Å²) in [6.45, 7) is 5.44. The van der Waals surface area contributed by atoms with E-state index in [4.69, 9.17) is 4.74 Å². The third-order valence-electron chi connectivity index (χ3n) is 3.43. The molecule has 0 saturated heterocycles. The molecule has 2 aromatic rings. The average molecular weight is 293 g/mol. The van der Waals surface area contributed by atoms with Crippen molar-refractivity contribution in [2.75, 3.05) is 7.11 Å². The first-order chi connectivity index (χ1) is 10.3. The normalized spacial score (nSPS) is 12.0. The Bertz CT molecular complexity index is 789. The predicted molar refractivity (Wildman–Crippen MR) is 88.6 cm³/mol. The molecule has 0 aliphatic rings. The van der Waals surface area contributed by atoms with Crippen molar-refractivity contribution in [2.45, 2.75) is 20.8 Å². The Hall–Kier alpha value is -2.60. The molecule has 0 atom stereocenters. The van der Waals surface area contributed by atoms with Gasteiger partial charge in [0.25, 0.3) is 0 Å². The fourth-order valence-corrected chi connectivity index (χ4v) is 2.18. The lowest BCUT2D eigenvalue weighted by Crippen LogP contribution is -2.21. The van der Waals surface area contributed by atoms with Crippen LogP contribution in [0.25, 0.3) is 16.8 Å². The lowest BCUT2D eigenvalue weighted by molar-refractivity contribution is -0.121. The molecule has 0 amide bonds. The Morgan fingerprint density at radius 2 is 1.77 bits per heavy atom. The van der Waals surface area contributed by atoms with Crippen LogP contribution in [0.4, 0.5) is 0 Å². The summed E-state index contributed by atoms with van der Waals surface area (Å²) < 4.78 is 5.20. The summed E-state index contributed by atoms with van der Waals surface area (Å²) in [6, 6.07) is 13.6. The number of rotatable bonds is 3. The first kappa shape index (κ1) is 15.8. The van der Waals surface area contributed by atoms with E-state index in [0.717, 1.165) is 22.1 Å². The largest absolute Gasteiger partial charge is 0.497 e. The highest BCUT2D eigenvalue weighted by Gasteiger charge is 2.24. The fourth-order valence-electron chi connectivity index (χ4n) is 2.18. The maximum Gasteiger partial charge on any atom is 0.178 e.